The van der Waals surface area contributed by atoms with Crippen LogP contribution in [0.1, 0.15) is 16.6 Å². The number of carbonyl (C=O) groups excluding carboxylic acids is 1. The first-order chi connectivity index (χ1) is 9.10. The molecule has 0 radical (unpaired) electrons. The van der Waals surface area contributed by atoms with Gasteiger partial charge in [-0.25, -0.2) is 4.39 Å². The van der Waals surface area contributed by atoms with E-state index >= 15 is 0 Å². The van der Waals surface area contributed by atoms with Crippen LogP contribution in [0.4, 0.5) is 10.1 Å². The Labute approximate surface area is 124 Å². The van der Waals surface area contributed by atoms with Gasteiger partial charge in [-0.05, 0) is 59.3 Å². The molecule has 0 aliphatic carbocycles. The number of likely N-dealkylation sites (N-methyl/N-ethyl adjacent to an activating group) is 1. The van der Waals surface area contributed by atoms with E-state index in [0.29, 0.717) is 13.1 Å². The Balaban J connectivity index is 2.11. The first-order valence-corrected chi connectivity index (χ1v) is 7.50. The predicted molar refractivity (Wildman–Crippen MR) is 80.6 cm³/mol. The van der Waals surface area contributed by atoms with E-state index in [4.69, 9.17) is 0 Å². The second kappa shape index (κ2) is 6.30. The van der Waals surface area contributed by atoms with Crippen molar-refractivity contribution in [2.75, 3.05) is 18.0 Å². The summed E-state index contributed by atoms with van der Waals surface area (Å²) in [5.41, 5.74) is 0.855. The fourth-order valence-corrected chi connectivity index (χ4v) is 3.07. The number of hydrogen-bond donors (Lipinski definition) is 0. The van der Waals surface area contributed by atoms with Gasteiger partial charge in [-0.15, -0.1) is 11.3 Å². The molecule has 0 fully saturated rings. The molecule has 1 heterocycles. The Kier molecular flexibility index (Phi) is 4.71. The Morgan fingerprint density at radius 2 is 1.95 bits per heavy atom. The lowest BCUT2D eigenvalue weighted by Crippen LogP contribution is -2.29. The van der Waals surface area contributed by atoms with E-state index in [1.165, 1.54) is 23.5 Å². The normalized spacial score (nSPS) is 10.5. The number of thiophene rings is 1. The van der Waals surface area contributed by atoms with Gasteiger partial charge < -0.3 is 4.90 Å². The van der Waals surface area contributed by atoms with Crippen LogP contribution in [0.3, 0.4) is 0 Å². The van der Waals surface area contributed by atoms with Crippen LogP contribution in [0.25, 0.3) is 0 Å². The molecule has 2 aromatic rings. The highest BCUT2D eigenvalue weighted by atomic mass is 79.9. The van der Waals surface area contributed by atoms with Gasteiger partial charge in [0.1, 0.15) is 5.82 Å². The zero-order valence-electron chi connectivity index (χ0n) is 10.4. The highest BCUT2D eigenvalue weighted by molar-refractivity contribution is 9.11. The van der Waals surface area contributed by atoms with Crippen molar-refractivity contribution >= 4 is 38.7 Å². The molecule has 0 atom stereocenters. The number of carbonyl (C=O) groups is 1. The SMILES string of the molecule is CCN(CC(=O)c1ccc(Br)s1)c1ccc(F)cc1. The molecular formula is C14H13BrFNOS. The van der Waals surface area contributed by atoms with Crippen molar-refractivity contribution in [3.8, 4) is 0 Å². The third-order valence-corrected chi connectivity index (χ3v) is 4.42. The van der Waals surface area contributed by atoms with Gasteiger partial charge in [-0.2, -0.15) is 0 Å². The minimum atomic E-state index is -0.270. The minimum Gasteiger partial charge on any atom is -0.364 e. The molecular weight excluding hydrogens is 329 g/mol. The summed E-state index contributed by atoms with van der Waals surface area (Å²) in [6.45, 7) is 2.97. The number of ketones is 1. The molecule has 0 amide bonds. The zero-order valence-corrected chi connectivity index (χ0v) is 12.8. The molecule has 0 aliphatic heterocycles. The fraction of sp³-hybridized carbons (Fsp3) is 0.214. The molecule has 0 N–H and O–H groups in total. The van der Waals surface area contributed by atoms with E-state index in [9.17, 15) is 9.18 Å². The van der Waals surface area contributed by atoms with E-state index < -0.39 is 0 Å². The van der Waals surface area contributed by atoms with Crippen molar-refractivity contribution in [1.82, 2.24) is 0 Å². The largest absolute Gasteiger partial charge is 0.364 e. The van der Waals surface area contributed by atoms with Crippen LogP contribution in [-0.4, -0.2) is 18.9 Å². The summed E-state index contributed by atoms with van der Waals surface area (Å²) in [5, 5.41) is 0. The molecule has 2 nitrogen and oxygen atoms in total. The summed E-state index contributed by atoms with van der Waals surface area (Å²) in [6.07, 6.45) is 0. The van der Waals surface area contributed by atoms with Crippen molar-refractivity contribution in [2.24, 2.45) is 0 Å². The third-order valence-electron chi connectivity index (χ3n) is 2.76. The Hall–Kier alpha value is -1.20. The summed E-state index contributed by atoms with van der Waals surface area (Å²) in [7, 11) is 0. The monoisotopic (exact) mass is 341 g/mol. The first kappa shape index (κ1) is 14.2. The van der Waals surface area contributed by atoms with Crippen molar-refractivity contribution in [2.45, 2.75) is 6.92 Å². The molecule has 5 heteroatoms. The predicted octanol–water partition coefficient (Wildman–Crippen LogP) is 4.36. The van der Waals surface area contributed by atoms with Gasteiger partial charge in [-0.1, -0.05) is 0 Å². The van der Waals surface area contributed by atoms with Gasteiger partial charge in [0.15, 0.2) is 5.78 Å². The summed E-state index contributed by atoms with van der Waals surface area (Å²) < 4.78 is 13.8. The van der Waals surface area contributed by atoms with E-state index in [0.717, 1.165) is 14.4 Å². The average molecular weight is 342 g/mol. The van der Waals surface area contributed by atoms with Crippen LogP contribution >= 0.6 is 27.3 Å². The molecule has 0 spiro atoms. The molecule has 0 saturated heterocycles. The Morgan fingerprint density at radius 3 is 2.47 bits per heavy atom. The molecule has 1 aromatic carbocycles. The average Bonchev–Trinajstić information content (AvgIpc) is 2.84. The minimum absolute atomic E-state index is 0.0712. The Morgan fingerprint density at radius 1 is 1.26 bits per heavy atom. The van der Waals surface area contributed by atoms with Crippen molar-refractivity contribution in [1.29, 1.82) is 0 Å². The van der Waals surface area contributed by atoms with Crippen LogP contribution in [0.15, 0.2) is 40.2 Å². The second-order valence-electron chi connectivity index (χ2n) is 4.02. The first-order valence-electron chi connectivity index (χ1n) is 5.89. The molecule has 0 bridgehead atoms. The molecule has 0 saturated carbocycles. The number of halogens is 2. The molecule has 19 heavy (non-hydrogen) atoms. The quantitative estimate of drug-likeness (QED) is 0.753. The Bertz CT molecular complexity index is 567. The standard InChI is InChI=1S/C14H13BrFNOS/c1-2-17(11-5-3-10(16)4-6-11)9-12(18)13-7-8-14(15)19-13/h3-8H,2,9H2,1H3. The maximum Gasteiger partial charge on any atom is 0.192 e. The van der Waals surface area contributed by atoms with E-state index in [1.807, 2.05) is 24.0 Å². The zero-order chi connectivity index (χ0) is 13.8. The molecule has 2 rings (SSSR count). The highest BCUT2D eigenvalue weighted by Crippen LogP contribution is 2.23. The van der Waals surface area contributed by atoms with Crippen LogP contribution in [0, 0.1) is 5.82 Å². The molecule has 0 aliphatic rings. The highest BCUT2D eigenvalue weighted by Gasteiger charge is 2.13. The number of anilines is 1. The van der Waals surface area contributed by atoms with Gasteiger partial charge >= 0.3 is 0 Å². The summed E-state index contributed by atoms with van der Waals surface area (Å²) in [6, 6.07) is 9.88. The summed E-state index contributed by atoms with van der Waals surface area (Å²) >= 11 is 4.77. The van der Waals surface area contributed by atoms with E-state index in [1.54, 1.807) is 12.1 Å². The smallest absolute Gasteiger partial charge is 0.192 e. The summed E-state index contributed by atoms with van der Waals surface area (Å²) in [5.74, 6) is -0.199. The van der Waals surface area contributed by atoms with Crippen LogP contribution in [0.5, 0.6) is 0 Å². The van der Waals surface area contributed by atoms with Crippen molar-refractivity contribution in [3.63, 3.8) is 0 Å². The van der Waals surface area contributed by atoms with Gasteiger partial charge in [-0.3, -0.25) is 4.79 Å². The number of hydrogen-bond acceptors (Lipinski definition) is 3. The number of Topliss-reactive ketones (excluding diaryl/α,β-unsaturated/α-hetero) is 1. The van der Waals surface area contributed by atoms with E-state index in [-0.39, 0.29) is 11.6 Å². The van der Waals surface area contributed by atoms with Crippen LogP contribution < -0.4 is 4.90 Å². The van der Waals surface area contributed by atoms with Gasteiger partial charge in [0.2, 0.25) is 0 Å². The fourth-order valence-electron chi connectivity index (χ4n) is 1.75. The maximum absolute atomic E-state index is 12.9. The lowest BCUT2D eigenvalue weighted by molar-refractivity contribution is 0.100. The van der Waals surface area contributed by atoms with Gasteiger partial charge in [0, 0.05) is 12.2 Å². The third kappa shape index (κ3) is 3.64. The van der Waals surface area contributed by atoms with E-state index in [2.05, 4.69) is 15.9 Å². The number of benzene rings is 1. The van der Waals surface area contributed by atoms with Crippen molar-refractivity contribution < 1.29 is 9.18 Å². The second-order valence-corrected chi connectivity index (χ2v) is 6.48. The molecule has 100 valence electrons. The maximum atomic E-state index is 12.9. The number of nitrogens with zero attached hydrogens (tertiary/aromatic N) is 1. The van der Waals surface area contributed by atoms with Crippen molar-refractivity contribution in [3.05, 3.63) is 50.9 Å². The van der Waals surface area contributed by atoms with Gasteiger partial charge in [0.05, 0.1) is 15.2 Å². The molecule has 0 unspecified atom stereocenters. The van der Waals surface area contributed by atoms with Crippen LogP contribution in [0.2, 0.25) is 0 Å². The number of rotatable bonds is 5. The van der Waals surface area contributed by atoms with Crippen LogP contribution in [-0.2, 0) is 0 Å². The lowest BCUT2D eigenvalue weighted by Gasteiger charge is -2.21. The topological polar surface area (TPSA) is 20.3 Å². The lowest BCUT2D eigenvalue weighted by atomic mass is 10.2. The molecule has 1 aromatic heterocycles. The summed E-state index contributed by atoms with van der Waals surface area (Å²) in [4.78, 5) is 14.8. The van der Waals surface area contributed by atoms with Gasteiger partial charge in [0.25, 0.3) is 0 Å².